The minimum Gasteiger partial charge on any atom is -0.342 e. The van der Waals surface area contributed by atoms with Crippen LogP contribution in [0.15, 0.2) is 0 Å². The number of amides is 1. The average molecular weight is 289 g/mol. The second kappa shape index (κ2) is 8.11. The quantitative estimate of drug-likeness (QED) is 0.863. The van der Waals surface area contributed by atoms with Crippen molar-refractivity contribution in [1.82, 2.24) is 10.2 Å². The lowest BCUT2D eigenvalue weighted by molar-refractivity contribution is -0.135. The molecule has 1 unspecified atom stereocenters. The maximum absolute atomic E-state index is 12.5. The molecular formula is C15H29ClN2O. The van der Waals surface area contributed by atoms with Crippen LogP contribution >= 0.6 is 12.4 Å². The van der Waals surface area contributed by atoms with Gasteiger partial charge in [0.1, 0.15) is 0 Å². The first-order valence-corrected chi connectivity index (χ1v) is 7.68. The van der Waals surface area contributed by atoms with Crippen molar-refractivity contribution in [2.24, 2.45) is 17.8 Å². The number of nitrogens with one attached hydrogen (secondary N) is 1. The predicted octanol–water partition coefficient (Wildman–Crippen LogP) is 2.69. The lowest BCUT2D eigenvalue weighted by Crippen LogP contribution is -2.36. The molecule has 0 aromatic carbocycles. The predicted molar refractivity (Wildman–Crippen MR) is 81.6 cm³/mol. The van der Waals surface area contributed by atoms with E-state index in [1.54, 1.807) is 0 Å². The van der Waals surface area contributed by atoms with E-state index in [4.69, 9.17) is 0 Å². The summed E-state index contributed by atoms with van der Waals surface area (Å²) in [7, 11) is 2.00. The van der Waals surface area contributed by atoms with Gasteiger partial charge in [0.25, 0.3) is 0 Å². The smallest absolute Gasteiger partial charge is 0.225 e. The molecule has 1 amide bonds. The molecule has 0 bridgehead atoms. The van der Waals surface area contributed by atoms with Crippen LogP contribution in [0.3, 0.4) is 0 Å². The summed E-state index contributed by atoms with van der Waals surface area (Å²) in [6, 6.07) is 0. The van der Waals surface area contributed by atoms with E-state index in [2.05, 4.69) is 17.1 Å². The Morgan fingerprint density at radius 2 is 1.84 bits per heavy atom. The number of nitrogens with zero attached hydrogens (tertiary/aromatic N) is 1. The first-order chi connectivity index (χ1) is 8.74. The Hall–Kier alpha value is -0.280. The van der Waals surface area contributed by atoms with Gasteiger partial charge in [0.15, 0.2) is 0 Å². The van der Waals surface area contributed by atoms with E-state index in [1.165, 1.54) is 25.7 Å². The Morgan fingerprint density at radius 1 is 1.16 bits per heavy atom. The molecule has 2 fully saturated rings. The summed E-state index contributed by atoms with van der Waals surface area (Å²) < 4.78 is 0. The van der Waals surface area contributed by atoms with E-state index >= 15 is 0 Å². The zero-order valence-electron chi connectivity index (χ0n) is 12.4. The van der Waals surface area contributed by atoms with Crippen LogP contribution in [0.1, 0.15) is 45.4 Å². The molecule has 0 aromatic rings. The van der Waals surface area contributed by atoms with Crippen LogP contribution in [-0.2, 0) is 4.79 Å². The second-order valence-corrected chi connectivity index (χ2v) is 6.12. The lowest BCUT2D eigenvalue weighted by Gasteiger charge is -2.30. The zero-order chi connectivity index (χ0) is 13.0. The highest BCUT2D eigenvalue weighted by Gasteiger charge is 2.32. The lowest BCUT2D eigenvalue weighted by atomic mass is 9.80. The van der Waals surface area contributed by atoms with Gasteiger partial charge >= 0.3 is 0 Å². The van der Waals surface area contributed by atoms with Crippen LogP contribution in [0.4, 0.5) is 0 Å². The fourth-order valence-corrected chi connectivity index (χ4v) is 3.56. The molecule has 1 saturated carbocycles. The minimum absolute atomic E-state index is 0. The number of likely N-dealkylation sites (tertiary alicyclic amines) is 1. The van der Waals surface area contributed by atoms with Gasteiger partial charge in [-0.3, -0.25) is 4.79 Å². The van der Waals surface area contributed by atoms with Crippen molar-refractivity contribution < 1.29 is 4.79 Å². The summed E-state index contributed by atoms with van der Waals surface area (Å²) in [5, 5.41) is 3.22. The first kappa shape index (κ1) is 16.8. The summed E-state index contributed by atoms with van der Waals surface area (Å²) in [4.78, 5) is 14.6. The number of halogens is 1. The molecule has 19 heavy (non-hydrogen) atoms. The minimum atomic E-state index is 0. The van der Waals surface area contributed by atoms with Crippen LogP contribution in [0.2, 0.25) is 0 Å². The largest absolute Gasteiger partial charge is 0.342 e. The fourth-order valence-electron chi connectivity index (χ4n) is 3.56. The van der Waals surface area contributed by atoms with Gasteiger partial charge in [-0.2, -0.15) is 0 Å². The van der Waals surface area contributed by atoms with E-state index in [-0.39, 0.29) is 12.4 Å². The summed E-state index contributed by atoms with van der Waals surface area (Å²) in [5.41, 5.74) is 0. The highest BCUT2D eigenvalue weighted by molar-refractivity contribution is 5.85. The summed E-state index contributed by atoms with van der Waals surface area (Å²) >= 11 is 0. The molecule has 3 nitrogen and oxygen atoms in total. The van der Waals surface area contributed by atoms with Crippen molar-refractivity contribution in [2.75, 3.05) is 26.7 Å². The van der Waals surface area contributed by atoms with Crippen LogP contribution in [-0.4, -0.2) is 37.5 Å². The molecule has 1 N–H and O–H groups in total. The molecule has 112 valence electrons. The van der Waals surface area contributed by atoms with Gasteiger partial charge in [0.05, 0.1) is 0 Å². The normalized spacial score (nSPS) is 31.1. The second-order valence-electron chi connectivity index (χ2n) is 6.12. The molecule has 4 heteroatoms. The van der Waals surface area contributed by atoms with Gasteiger partial charge < -0.3 is 10.2 Å². The molecule has 0 spiro atoms. The SMILES string of the molecule is CCC1CCC(C(=O)N2CCC(CNC)C2)CC1.Cl. The first-order valence-electron chi connectivity index (χ1n) is 7.68. The van der Waals surface area contributed by atoms with Gasteiger partial charge in [0.2, 0.25) is 5.91 Å². The van der Waals surface area contributed by atoms with Crippen molar-refractivity contribution in [3.05, 3.63) is 0 Å². The Kier molecular flexibility index (Phi) is 7.16. The monoisotopic (exact) mass is 288 g/mol. The summed E-state index contributed by atoms with van der Waals surface area (Å²) in [6.07, 6.45) is 7.25. The number of hydrogen-bond acceptors (Lipinski definition) is 2. The van der Waals surface area contributed by atoms with E-state index in [1.807, 2.05) is 7.05 Å². The standard InChI is InChI=1S/C15H28N2O.ClH/c1-3-12-4-6-14(7-5-12)15(18)17-9-8-13(11-17)10-16-2;/h12-14,16H,3-11H2,1-2H3;1H. The molecule has 0 aromatic heterocycles. The van der Waals surface area contributed by atoms with Crippen molar-refractivity contribution in [3.8, 4) is 0 Å². The summed E-state index contributed by atoms with van der Waals surface area (Å²) in [5.74, 6) is 2.33. The Morgan fingerprint density at radius 3 is 2.42 bits per heavy atom. The van der Waals surface area contributed by atoms with Crippen LogP contribution < -0.4 is 5.32 Å². The molecule has 1 aliphatic heterocycles. The van der Waals surface area contributed by atoms with Gasteiger partial charge in [-0.25, -0.2) is 0 Å². The van der Waals surface area contributed by atoms with Crippen molar-refractivity contribution in [3.63, 3.8) is 0 Å². The number of hydrogen-bond donors (Lipinski definition) is 1. The van der Waals surface area contributed by atoms with E-state index in [0.717, 1.165) is 38.4 Å². The van der Waals surface area contributed by atoms with Gasteiger partial charge in [0, 0.05) is 19.0 Å². The third kappa shape index (κ3) is 4.35. The molecule has 1 heterocycles. The Labute approximate surface area is 123 Å². The molecule has 1 atom stereocenters. The van der Waals surface area contributed by atoms with Gasteiger partial charge in [-0.05, 0) is 57.5 Å². The Bertz CT molecular complexity index is 273. The average Bonchev–Trinajstić information content (AvgIpc) is 2.87. The summed E-state index contributed by atoms with van der Waals surface area (Å²) in [6.45, 7) is 5.29. The number of rotatable bonds is 4. The number of carbonyl (C=O) groups excluding carboxylic acids is 1. The molecule has 2 aliphatic rings. The maximum atomic E-state index is 12.5. The molecule has 0 radical (unpaired) electrons. The van der Waals surface area contributed by atoms with Gasteiger partial charge in [-0.15, -0.1) is 12.4 Å². The zero-order valence-corrected chi connectivity index (χ0v) is 13.2. The van der Waals surface area contributed by atoms with E-state index in [9.17, 15) is 4.79 Å². The van der Waals surface area contributed by atoms with Gasteiger partial charge in [-0.1, -0.05) is 13.3 Å². The third-order valence-corrected chi connectivity index (χ3v) is 4.86. The van der Waals surface area contributed by atoms with E-state index in [0.29, 0.717) is 17.7 Å². The van der Waals surface area contributed by atoms with Crippen LogP contribution in [0, 0.1) is 17.8 Å². The van der Waals surface area contributed by atoms with Crippen molar-refractivity contribution in [1.29, 1.82) is 0 Å². The fraction of sp³-hybridized carbons (Fsp3) is 0.933. The highest BCUT2D eigenvalue weighted by atomic mass is 35.5. The third-order valence-electron chi connectivity index (χ3n) is 4.86. The van der Waals surface area contributed by atoms with Crippen molar-refractivity contribution in [2.45, 2.75) is 45.4 Å². The van der Waals surface area contributed by atoms with Crippen molar-refractivity contribution >= 4 is 18.3 Å². The van der Waals surface area contributed by atoms with Crippen LogP contribution in [0.25, 0.3) is 0 Å². The maximum Gasteiger partial charge on any atom is 0.225 e. The van der Waals surface area contributed by atoms with Crippen LogP contribution in [0.5, 0.6) is 0 Å². The Balaban J connectivity index is 0.00000180. The molecule has 1 saturated heterocycles. The molecule has 1 aliphatic carbocycles. The molecule has 2 rings (SSSR count). The highest BCUT2D eigenvalue weighted by Crippen LogP contribution is 2.32. The topological polar surface area (TPSA) is 32.3 Å². The molecular weight excluding hydrogens is 260 g/mol. The number of carbonyl (C=O) groups is 1. The van der Waals surface area contributed by atoms with E-state index < -0.39 is 0 Å².